The zero-order valence-corrected chi connectivity index (χ0v) is 10.2. The molecule has 0 amide bonds. The first kappa shape index (κ1) is 10.5. The number of phenols is 1. The molecule has 80 valence electrons. The molecule has 2 N–H and O–H groups in total. The minimum Gasteiger partial charge on any atom is -0.507 e. The van der Waals surface area contributed by atoms with Crippen LogP contribution in [0.4, 0.5) is 5.69 Å². The number of halogens is 1. The SMILES string of the molecule is CC(=O)C1CNc2cc(I)c(O)cc2O1. The van der Waals surface area contributed by atoms with Crippen LogP contribution in [0.1, 0.15) is 6.92 Å². The number of aromatic hydroxyl groups is 1. The van der Waals surface area contributed by atoms with Crippen molar-refractivity contribution in [2.45, 2.75) is 13.0 Å². The van der Waals surface area contributed by atoms with E-state index in [-0.39, 0.29) is 11.5 Å². The van der Waals surface area contributed by atoms with E-state index < -0.39 is 6.10 Å². The van der Waals surface area contributed by atoms with Crippen LogP contribution < -0.4 is 10.1 Å². The molecule has 1 aliphatic heterocycles. The summed E-state index contributed by atoms with van der Waals surface area (Å²) in [7, 11) is 0. The fourth-order valence-corrected chi connectivity index (χ4v) is 1.87. The molecule has 1 aromatic rings. The quantitative estimate of drug-likeness (QED) is 0.612. The van der Waals surface area contributed by atoms with Gasteiger partial charge in [-0.1, -0.05) is 0 Å². The predicted molar refractivity (Wildman–Crippen MR) is 64.4 cm³/mol. The van der Waals surface area contributed by atoms with E-state index in [2.05, 4.69) is 5.32 Å². The number of hydrogen-bond acceptors (Lipinski definition) is 4. The van der Waals surface area contributed by atoms with Gasteiger partial charge in [0.15, 0.2) is 11.9 Å². The van der Waals surface area contributed by atoms with Crippen LogP contribution in [0, 0.1) is 3.57 Å². The molecule has 0 aromatic heterocycles. The summed E-state index contributed by atoms with van der Waals surface area (Å²) in [5, 5.41) is 12.6. The van der Waals surface area contributed by atoms with Crippen molar-refractivity contribution in [2.24, 2.45) is 0 Å². The van der Waals surface area contributed by atoms with Crippen LogP contribution in [0.15, 0.2) is 12.1 Å². The molecule has 5 heteroatoms. The maximum Gasteiger partial charge on any atom is 0.173 e. The number of ketones is 1. The highest BCUT2D eigenvalue weighted by atomic mass is 127. The van der Waals surface area contributed by atoms with Crippen molar-refractivity contribution in [1.82, 2.24) is 0 Å². The van der Waals surface area contributed by atoms with Crippen molar-refractivity contribution in [3.8, 4) is 11.5 Å². The minimum absolute atomic E-state index is 0.0220. The lowest BCUT2D eigenvalue weighted by atomic mass is 10.2. The van der Waals surface area contributed by atoms with Crippen molar-refractivity contribution in [3.63, 3.8) is 0 Å². The van der Waals surface area contributed by atoms with Gasteiger partial charge in [-0.3, -0.25) is 4.79 Å². The summed E-state index contributed by atoms with van der Waals surface area (Å²) in [5.74, 6) is 0.672. The molecule has 0 fully saturated rings. The molecule has 1 heterocycles. The Bertz CT molecular complexity index is 419. The molecule has 1 atom stereocenters. The van der Waals surface area contributed by atoms with Gasteiger partial charge in [0.05, 0.1) is 15.8 Å². The zero-order chi connectivity index (χ0) is 11.0. The van der Waals surface area contributed by atoms with Crippen LogP contribution >= 0.6 is 22.6 Å². The number of anilines is 1. The van der Waals surface area contributed by atoms with Gasteiger partial charge in [-0.05, 0) is 35.6 Å². The summed E-state index contributed by atoms with van der Waals surface area (Å²) < 4.78 is 6.21. The number of Topliss-reactive ketones (excluding diaryl/α,β-unsaturated/α-hetero) is 1. The second-order valence-corrected chi connectivity index (χ2v) is 4.56. The number of rotatable bonds is 1. The van der Waals surface area contributed by atoms with E-state index in [1.807, 2.05) is 22.6 Å². The van der Waals surface area contributed by atoms with Gasteiger partial charge >= 0.3 is 0 Å². The van der Waals surface area contributed by atoms with Gasteiger partial charge in [0.2, 0.25) is 0 Å². The van der Waals surface area contributed by atoms with Gasteiger partial charge in [0.1, 0.15) is 11.5 Å². The third kappa shape index (κ3) is 2.01. The summed E-state index contributed by atoms with van der Waals surface area (Å²) >= 11 is 2.04. The maximum atomic E-state index is 11.1. The normalized spacial score (nSPS) is 18.7. The minimum atomic E-state index is -0.461. The van der Waals surface area contributed by atoms with Crippen LogP contribution in [0.5, 0.6) is 11.5 Å². The zero-order valence-electron chi connectivity index (χ0n) is 8.08. The predicted octanol–water partition coefficient (Wildman–Crippen LogP) is 1.76. The summed E-state index contributed by atoms with van der Waals surface area (Å²) in [5.41, 5.74) is 0.815. The number of nitrogens with one attached hydrogen (secondary N) is 1. The third-order valence-corrected chi connectivity index (χ3v) is 3.11. The number of ether oxygens (including phenoxy) is 1. The Balaban J connectivity index is 2.34. The maximum absolute atomic E-state index is 11.1. The Morgan fingerprint density at radius 2 is 2.40 bits per heavy atom. The molecule has 0 saturated heterocycles. The van der Waals surface area contributed by atoms with Crippen molar-refractivity contribution < 1.29 is 14.6 Å². The molecular weight excluding hydrogens is 309 g/mol. The second kappa shape index (κ2) is 3.88. The van der Waals surface area contributed by atoms with Gasteiger partial charge in [0, 0.05) is 6.07 Å². The Labute approximate surface area is 101 Å². The van der Waals surface area contributed by atoms with Gasteiger partial charge in [0.25, 0.3) is 0 Å². The average Bonchev–Trinajstić information content (AvgIpc) is 2.19. The second-order valence-electron chi connectivity index (χ2n) is 3.40. The fraction of sp³-hybridized carbons (Fsp3) is 0.300. The van der Waals surface area contributed by atoms with Crippen molar-refractivity contribution in [1.29, 1.82) is 0 Å². The largest absolute Gasteiger partial charge is 0.507 e. The molecule has 1 aliphatic rings. The molecule has 0 saturated carbocycles. The van der Waals surface area contributed by atoms with Crippen LogP contribution in [0.25, 0.3) is 0 Å². The Morgan fingerprint density at radius 3 is 3.07 bits per heavy atom. The van der Waals surface area contributed by atoms with Gasteiger partial charge < -0.3 is 15.2 Å². The van der Waals surface area contributed by atoms with E-state index in [1.54, 1.807) is 6.07 Å². The molecule has 0 aliphatic carbocycles. The van der Waals surface area contributed by atoms with Crippen LogP contribution in [-0.2, 0) is 4.79 Å². The van der Waals surface area contributed by atoms with Crippen LogP contribution in [0.2, 0.25) is 0 Å². The van der Waals surface area contributed by atoms with E-state index in [9.17, 15) is 9.90 Å². The number of carbonyl (C=O) groups is 1. The number of fused-ring (bicyclic) bond motifs is 1. The highest BCUT2D eigenvalue weighted by Crippen LogP contribution is 2.35. The van der Waals surface area contributed by atoms with Crippen molar-refractivity contribution in [2.75, 3.05) is 11.9 Å². The van der Waals surface area contributed by atoms with E-state index >= 15 is 0 Å². The number of benzene rings is 1. The Morgan fingerprint density at radius 1 is 1.67 bits per heavy atom. The van der Waals surface area contributed by atoms with E-state index in [1.165, 1.54) is 13.0 Å². The highest BCUT2D eigenvalue weighted by molar-refractivity contribution is 14.1. The molecule has 0 bridgehead atoms. The van der Waals surface area contributed by atoms with Crippen LogP contribution in [0.3, 0.4) is 0 Å². The summed E-state index contributed by atoms with van der Waals surface area (Å²) in [6.45, 7) is 1.97. The first-order valence-corrected chi connectivity index (χ1v) is 5.59. The lowest BCUT2D eigenvalue weighted by molar-refractivity contribution is -0.123. The van der Waals surface area contributed by atoms with Gasteiger partial charge in [-0.15, -0.1) is 0 Å². The highest BCUT2D eigenvalue weighted by Gasteiger charge is 2.23. The van der Waals surface area contributed by atoms with E-state index in [0.29, 0.717) is 12.3 Å². The molecule has 0 radical (unpaired) electrons. The molecule has 1 unspecified atom stereocenters. The standard InChI is InChI=1S/C10H10INO3/c1-5(13)10-4-12-7-2-6(11)8(14)3-9(7)15-10/h2-3,10,12,14H,4H2,1H3. The fourth-order valence-electron chi connectivity index (χ4n) is 1.40. The van der Waals surface area contributed by atoms with E-state index in [4.69, 9.17) is 4.74 Å². The summed E-state index contributed by atoms with van der Waals surface area (Å²) in [6.07, 6.45) is -0.461. The topological polar surface area (TPSA) is 58.6 Å². The Kier molecular flexibility index (Phi) is 2.72. The summed E-state index contributed by atoms with van der Waals surface area (Å²) in [4.78, 5) is 11.1. The monoisotopic (exact) mass is 319 g/mol. The molecule has 0 spiro atoms. The van der Waals surface area contributed by atoms with Crippen molar-refractivity contribution in [3.05, 3.63) is 15.7 Å². The number of hydrogen-bond donors (Lipinski definition) is 2. The van der Waals surface area contributed by atoms with Gasteiger partial charge in [-0.25, -0.2) is 0 Å². The average molecular weight is 319 g/mol. The molecule has 1 aromatic carbocycles. The lowest BCUT2D eigenvalue weighted by Gasteiger charge is -2.25. The first-order chi connectivity index (χ1) is 7.08. The van der Waals surface area contributed by atoms with Crippen molar-refractivity contribution >= 4 is 34.1 Å². The smallest absolute Gasteiger partial charge is 0.173 e. The van der Waals surface area contributed by atoms with Gasteiger partial charge in [-0.2, -0.15) is 0 Å². The molecule has 4 nitrogen and oxygen atoms in total. The summed E-state index contributed by atoms with van der Waals surface area (Å²) in [6, 6.07) is 3.32. The van der Waals surface area contributed by atoms with Crippen LogP contribution in [-0.4, -0.2) is 23.5 Å². The Hall–Kier alpha value is -0.980. The molecular formula is C10H10INO3. The lowest BCUT2D eigenvalue weighted by Crippen LogP contribution is -2.36. The molecule has 15 heavy (non-hydrogen) atoms. The molecule has 2 rings (SSSR count). The first-order valence-electron chi connectivity index (χ1n) is 4.51. The third-order valence-electron chi connectivity index (χ3n) is 2.25. The number of carbonyl (C=O) groups excluding carboxylic acids is 1. The number of phenolic OH excluding ortho intramolecular Hbond substituents is 1. The van der Waals surface area contributed by atoms with E-state index in [0.717, 1.165) is 9.26 Å².